The van der Waals surface area contributed by atoms with Gasteiger partial charge >= 0.3 is 0 Å². The van der Waals surface area contributed by atoms with Gasteiger partial charge in [-0.2, -0.15) is 4.31 Å². The van der Waals surface area contributed by atoms with Gasteiger partial charge in [-0.15, -0.1) is 0 Å². The van der Waals surface area contributed by atoms with Crippen molar-refractivity contribution in [1.82, 2.24) is 9.21 Å². The lowest BCUT2D eigenvalue weighted by molar-refractivity contribution is -0.127. The first-order valence-electron chi connectivity index (χ1n) is 7.35. The van der Waals surface area contributed by atoms with Crippen LogP contribution in [0.15, 0.2) is 35.2 Å². The van der Waals surface area contributed by atoms with Gasteiger partial charge in [-0.25, -0.2) is 8.42 Å². The van der Waals surface area contributed by atoms with Crippen LogP contribution in [0, 0.1) is 13.8 Å². The summed E-state index contributed by atoms with van der Waals surface area (Å²) in [4.78, 5) is 13.8. The maximum absolute atomic E-state index is 12.7. The van der Waals surface area contributed by atoms with E-state index < -0.39 is 10.0 Å². The predicted octanol–water partition coefficient (Wildman–Crippen LogP) is 1.71. The quantitative estimate of drug-likeness (QED) is 0.796. The molecule has 0 N–H and O–H groups in total. The van der Waals surface area contributed by atoms with Gasteiger partial charge in [0, 0.05) is 26.2 Å². The number of amides is 1. The molecule has 0 saturated carbocycles. The molecule has 5 nitrogen and oxygen atoms in total. The smallest absolute Gasteiger partial charge is 0.246 e. The van der Waals surface area contributed by atoms with Crippen LogP contribution in [0.1, 0.15) is 18.1 Å². The molecule has 0 atom stereocenters. The average Bonchev–Trinajstić information content (AvgIpc) is 2.47. The maximum Gasteiger partial charge on any atom is 0.246 e. The van der Waals surface area contributed by atoms with Crippen LogP contribution in [0.2, 0.25) is 0 Å². The molecule has 6 heteroatoms. The van der Waals surface area contributed by atoms with Crippen LogP contribution in [0.3, 0.4) is 0 Å². The summed E-state index contributed by atoms with van der Waals surface area (Å²) in [5.41, 5.74) is 1.80. The zero-order chi connectivity index (χ0) is 16.3. The molecule has 0 bridgehead atoms. The Labute approximate surface area is 132 Å². The minimum atomic E-state index is -3.49. The molecule has 1 aliphatic rings. The summed E-state index contributed by atoms with van der Waals surface area (Å²) in [7, 11) is -3.49. The van der Waals surface area contributed by atoms with E-state index in [2.05, 4.69) is 0 Å². The Kier molecular flexibility index (Phi) is 5.03. The fourth-order valence-corrected chi connectivity index (χ4v) is 4.25. The molecule has 1 aromatic carbocycles. The van der Waals surface area contributed by atoms with Crippen LogP contribution >= 0.6 is 0 Å². The van der Waals surface area contributed by atoms with Gasteiger partial charge in [0.2, 0.25) is 15.9 Å². The van der Waals surface area contributed by atoms with Gasteiger partial charge in [0.05, 0.1) is 4.90 Å². The van der Waals surface area contributed by atoms with Gasteiger partial charge < -0.3 is 4.90 Å². The fraction of sp³-hybridized carbons (Fsp3) is 0.438. The number of allylic oxidation sites excluding steroid dienone is 1. The zero-order valence-electron chi connectivity index (χ0n) is 13.2. The van der Waals surface area contributed by atoms with Gasteiger partial charge in [-0.05, 0) is 38.5 Å². The Bertz CT molecular complexity index is 687. The monoisotopic (exact) mass is 322 g/mol. The summed E-state index contributed by atoms with van der Waals surface area (Å²) in [6.07, 6.45) is 3.20. The Balaban J connectivity index is 2.14. The first kappa shape index (κ1) is 16.7. The maximum atomic E-state index is 12.7. The molecule has 0 aliphatic carbocycles. The van der Waals surface area contributed by atoms with Crippen molar-refractivity contribution >= 4 is 15.9 Å². The molecule has 22 heavy (non-hydrogen) atoms. The summed E-state index contributed by atoms with van der Waals surface area (Å²) in [6.45, 7) is 7.05. The first-order valence-corrected chi connectivity index (χ1v) is 8.79. The van der Waals surface area contributed by atoms with Crippen LogP contribution in [0.4, 0.5) is 0 Å². The number of aryl methyl sites for hydroxylation is 2. The standard InChI is InChI=1S/C16H22N2O3S/c1-4-5-16(19)17-8-10-18(11-9-17)22(20,21)15-7-6-13(2)12-14(15)3/h4-7,12H,8-11H2,1-3H3/b5-4+. The van der Waals surface area contributed by atoms with Crippen molar-refractivity contribution in [1.29, 1.82) is 0 Å². The molecule has 1 aliphatic heterocycles. The first-order chi connectivity index (χ1) is 10.4. The summed E-state index contributed by atoms with van der Waals surface area (Å²) >= 11 is 0. The minimum Gasteiger partial charge on any atom is -0.337 e. The summed E-state index contributed by atoms with van der Waals surface area (Å²) < 4.78 is 26.9. The molecular formula is C16H22N2O3S. The van der Waals surface area contributed by atoms with Crippen LogP contribution in [-0.2, 0) is 14.8 Å². The van der Waals surface area contributed by atoms with Gasteiger partial charge in [-0.3, -0.25) is 4.79 Å². The predicted molar refractivity (Wildman–Crippen MR) is 86.1 cm³/mol. The third-order valence-electron chi connectivity index (χ3n) is 3.81. The van der Waals surface area contributed by atoms with Crippen LogP contribution in [0.5, 0.6) is 0 Å². The van der Waals surface area contributed by atoms with Crippen molar-refractivity contribution in [2.45, 2.75) is 25.7 Å². The van der Waals surface area contributed by atoms with E-state index in [1.807, 2.05) is 26.0 Å². The highest BCUT2D eigenvalue weighted by Gasteiger charge is 2.30. The van der Waals surface area contributed by atoms with E-state index >= 15 is 0 Å². The van der Waals surface area contributed by atoms with Gasteiger partial charge in [0.15, 0.2) is 0 Å². The van der Waals surface area contributed by atoms with Crippen molar-refractivity contribution in [2.24, 2.45) is 0 Å². The Hall–Kier alpha value is -1.66. The zero-order valence-corrected chi connectivity index (χ0v) is 14.1. The lowest BCUT2D eigenvalue weighted by atomic mass is 10.2. The van der Waals surface area contributed by atoms with Crippen molar-refractivity contribution in [3.05, 3.63) is 41.5 Å². The Morgan fingerprint density at radius 3 is 2.32 bits per heavy atom. The number of benzene rings is 1. The molecule has 0 radical (unpaired) electrons. The second-order valence-electron chi connectivity index (χ2n) is 5.50. The highest BCUT2D eigenvalue weighted by Crippen LogP contribution is 2.22. The molecule has 1 heterocycles. The largest absolute Gasteiger partial charge is 0.337 e. The third kappa shape index (κ3) is 3.39. The topological polar surface area (TPSA) is 57.7 Å². The molecule has 0 spiro atoms. The van der Waals surface area contributed by atoms with Gasteiger partial charge in [0.1, 0.15) is 0 Å². The molecule has 1 fully saturated rings. The van der Waals surface area contributed by atoms with E-state index in [9.17, 15) is 13.2 Å². The second kappa shape index (κ2) is 6.62. The lowest BCUT2D eigenvalue weighted by Crippen LogP contribution is -2.50. The van der Waals surface area contributed by atoms with E-state index in [4.69, 9.17) is 0 Å². The van der Waals surface area contributed by atoms with E-state index in [0.29, 0.717) is 31.1 Å². The molecule has 2 rings (SSSR count). The average molecular weight is 322 g/mol. The van der Waals surface area contributed by atoms with Crippen LogP contribution in [-0.4, -0.2) is 49.7 Å². The highest BCUT2D eigenvalue weighted by molar-refractivity contribution is 7.89. The van der Waals surface area contributed by atoms with Gasteiger partial charge in [0.25, 0.3) is 0 Å². The Morgan fingerprint density at radius 2 is 1.77 bits per heavy atom. The van der Waals surface area contributed by atoms with Crippen molar-refractivity contribution in [3.8, 4) is 0 Å². The third-order valence-corrected chi connectivity index (χ3v) is 5.87. The molecule has 1 aromatic rings. The number of nitrogens with zero attached hydrogens (tertiary/aromatic N) is 2. The van der Waals surface area contributed by atoms with Crippen molar-refractivity contribution in [2.75, 3.05) is 26.2 Å². The Morgan fingerprint density at radius 1 is 1.14 bits per heavy atom. The number of hydrogen-bond donors (Lipinski definition) is 0. The molecule has 1 saturated heterocycles. The lowest BCUT2D eigenvalue weighted by Gasteiger charge is -2.33. The van der Waals surface area contributed by atoms with Crippen LogP contribution in [0.25, 0.3) is 0 Å². The summed E-state index contributed by atoms with van der Waals surface area (Å²) in [6, 6.07) is 5.35. The number of rotatable bonds is 3. The molecule has 0 aromatic heterocycles. The molecule has 120 valence electrons. The number of carbonyl (C=O) groups is 1. The second-order valence-corrected chi connectivity index (χ2v) is 7.40. The van der Waals surface area contributed by atoms with E-state index in [-0.39, 0.29) is 5.91 Å². The SMILES string of the molecule is C/C=C/C(=O)N1CCN(S(=O)(=O)c2ccc(C)cc2C)CC1. The normalized spacial score (nSPS) is 17.1. The summed E-state index contributed by atoms with van der Waals surface area (Å²) in [5.74, 6) is -0.0638. The molecule has 0 unspecified atom stereocenters. The van der Waals surface area contributed by atoms with Crippen molar-refractivity contribution < 1.29 is 13.2 Å². The van der Waals surface area contributed by atoms with E-state index in [1.54, 1.807) is 24.0 Å². The highest BCUT2D eigenvalue weighted by atomic mass is 32.2. The number of piperazine rings is 1. The van der Waals surface area contributed by atoms with Gasteiger partial charge in [-0.1, -0.05) is 23.8 Å². The molecule has 1 amide bonds. The van der Waals surface area contributed by atoms with E-state index in [0.717, 1.165) is 11.1 Å². The minimum absolute atomic E-state index is 0.0638. The summed E-state index contributed by atoms with van der Waals surface area (Å²) in [5, 5.41) is 0. The van der Waals surface area contributed by atoms with Crippen LogP contribution < -0.4 is 0 Å². The number of hydrogen-bond acceptors (Lipinski definition) is 3. The van der Waals surface area contributed by atoms with E-state index in [1.165, 1.54) is 10.4 Å². The molecular weight excluding hydrogens is 300 g/mol. The number of sulfonamides is 1. The number of carbonyl (C=O) groups excluding carboxylic acids is 1. The fourth-order valence-electron chi connectivity index (χ4n) is 2.62. The van der Waals surface area contributed by atoms with Crippen molar-refractivity contribution in [3.63, 3.8) is 0 Å².